The third kappa shape index (κ3) is 2.42. The summed E-state index contributed by atoms with van der Waals surface area (Å²) in [7, 11) is 1.89. The second-order valence-corrected chi connectivity index (χ2v) is 4.24. The lowest BCUT2D eigenvalue weighted by molar-refractivity contribution is -0.104. The van der Waals surface area contributed by atoms with E-state index in [2.05, 4.69) is 21.2 Å². The van der Waals surface area contributed by atoms with Crippen molar-refractivity contribution in [3.8, 4) is 0 Å². The molecule has 15 heavy (non-hydrogen) atoms. The molecule has 1 N–H and O–H groups in total. The highest BCUT2D eigenvalue weighted by molar-refractivity contribution is 9.10. The Morgan fingerprint density at radius 3 is 2.93 bits per heavy atom. The number of hydrogen-bond donors (Lipinski definition) is 1. The van der Waals surface area contributed by atoms with Crippen molar-refractivity contribution in [2.24, 2.45) is 0 Å². The maximum atomic E-state index is 5.64. The van der Waals surface area contributed by atoms with Crippen LogP contribution in [0.3, 0.4) is 0 Å². The van der Waals surface area contributed by atoms with Gasteiger partial charge in [0.2, 0.25) is 0 Å². The van der Waals surface area contributed by atoms with Crippen LogP contribution in [0.4, 0.5) is 0 Å². The van der Waals surface area contributed by atoms with Gasteiger partial charge in [-0.3, -0.25) is 0 Å². The Morgan fingerprint density at radius 2 is 2.40 bits per heavy atom. The van der Waals surface area contributed by atoms with Crippen molar-refractivity contribution in [1.82, 2.24) is 5.32 Å². The molecule has 0 amide bonds. The molecule has 0 saturated carbocycles. The lowest BCUT2D eigenvalue weighted by atomic mass is 10.1. The molecule has 84 valence electrons. The van der Waals surface area contributed by atoms with E-state index in [0.717, 1.165) is 10.2 Å². The van der Waals surface area contributed by atoms with Gasteiger partial charge in [-0.2, -0.15) is 0 Å². The molecule has 0 spiro atoms. The number of furan rings is 1. The lowest BCUT2D eigenvalue weighted by Gasteiger charge is -2.29. The van der Waals surface area contributed by atoms with Crippen LogP contribution in [0.25, 0.3) is 0 Å². The topological polar surface area (TPSA) is 43.6 Å². The van der Waals surface area contributed by atoms with Gasteiger partial charge in [0.05, 0.1) is 36.6 Å². The molecular formula is C10H14BrNO3. The van der Waals surface area contributed by atoms with E-state index in [1.165, 1.54) is 0 Å². The van der Waals surface area contributed by atoms with Crippen LogP contribution >= 0.6 is 15.9 Å². The summed E-state index contributed by atoms with van der Waals surface area (Å²) < 4.78 is 17.4. The minimum atomic E-state index is 0.00574. The Balaban J connectivity index is 2.12. The van der Waals surface area contributed by atoms with Crippen molar-refractivity contribution >= 4 is 15.9 Å². The number of likely N-dealkylation sites (N-methyl/N-ethyl adjacent to an activating group) is 1. The first-order chi connectivity index (χ1) is 7.33. The summed E-state index contributed by atoms with van der Waals surface area (Å²) in [5.74, 6) is 0.855. The van der Waals surface area contributed by atoms with Gasteiger partial charge in [0.25, 0.3) is 0 Å². The van der Waals surface area contributed by atoms with Crippen LogP contribution in [0.15, 0.2) is 21.2 Å². The molecule has 2 unspecified atom stereocenters. The molecule has 2 rings (SSSR count). The molecule has 1 aromatic rings. The highest BCUT2D eigenvalue weighted by Gasteiger charge is 2.28. The van der Waals surface area contributed by atoms with E-state index in [1.807, 2.05) is 13.1 Å². The summed E-state index contributed by atoms with van der Waals surface area (Å²) in [6.07, 6.45) is 1.67. The van der Waals surface area contributed by atoms with Crippen LogP contribution in [0, 0.1) is 0 Å². The Hall–Kier alpha value is -0.360. The molecule has 0 aliphatic carbocycles. The van der Waals surface area contributed by atoms with Crippen LogP contribution in [0.2, 0.25) is 0 Å². The minimum absolute atomic E-state index is 0.00574. The fourth-order valence-electron chi connectivity index (χ4n) is 1.71. The molecule has 0 bridgehead atoms. The maximum absolute atomic E-state index is 5.64. The monoisotopic (exact) mass is 275 g/mol. The first kappa shape index (κ1) is 11.1. The molecular weight excluding hydrogens is 262 g/mol. The third-order valence-electron chi connectivity index (χ3n) is 2.45. The van der Waals surface area contributed by atoms with E-state index >= 15 is 0 Å². The summed E-state index contributed by atoms with van der Waals surface area (Å²) in [5.41, 5.74) is 0. The quantitative estimate of drug-likeness (QED) is 0.913. The van der Waals surface area contributed by atoms with Gasteiger partial charge in [-0.05, 0) is 29.0 Å². The van der Waals surface area contributed by atoms with E-state index < -0.39 is 0 Å². The third-order valence-corrected chi connectivity index (χ3v) is 3.11. The van der Waals surface area contributed by atoms with Gasteiger partial charge >= 0.3 is 0 Å². The van der Waals surface area contributed by atoms with Crippen molar-refractivity contribution in [3.05, 3.63) is 22.6 Å². The van der Waals surface area contributed by atoms with Crippen molar-refractivity contribution in [2.75, 3.05) is 26.9 Å². The average Bonchev–Trinajstić information content (AvgIpc) is 2.68. The summed E-state index contributed by atoms with van der Waals surface area (Å²) in [4.78, 5) is 0. The smallest absolute Gasteiger partial charge is 0.137 e. The zero-order valence-corrected chi connectivity index (χ0v) is 10.1. The molecule has 1 fully saturated rings. The van der Waals surface area contributed by atoms with Gasteiger partial charge in [-0.25, -0.2) is 0 Å². The van der Waals surface area contributed by atoms with Gasteiger partial charge in [0.15, 0.2) is 0 Å². The van der Waals surface area contributed by atoms with E-state index in [9.17, 15) is 0 Å². The van der Waals surface area contributed by atoms with Gasteiger partial charge in [-0.15, -0.1) is 0 Å². The van der Waals surface area contributed by atoms with Crippen LogP contribution in [0.5, 0.6) is 0 Å². The second-order valence-electron chi connectivity index (χ2n) is 3.38. The van der Waals surface area contributed by atoms with Crippen LogP contribution in [-0.4, -0.2) is 33.0 Å². The molecule has 2 atom stereocenters. The maximum Gasteiger partial charge on any atom is 0.137 e. The summed E-state index contributed by atoms with van der Waals surface area (Å²) >= 11 is 3.44. The molecule has 0 radical (unpaired) electrons. The summed E-state index contributed by atoms with van der Waals surface area (Å²) in [6.45, 7) is 1.91. The normalized spacial score (nSPS) is 24.0. The van der Waals surface area contributed by atoms with E-state index in [1.54, 1.807) is 6.26 Å². The molecule has 1 aliphatic rings. The number of halogens is 1. The predicted molar refractivity (Wildman–Crippen MR) is 58.8 cm³/mol. The zero-order valence-electron chi connectivity index (χ0n) is 8.53. The van der Waals surface area contributed by atoms with Crippen molar-refractivity contribution in [2.45, 2.75) is 12.1 Å². The van der Waals surface area contributed by atoms with Crippen molar-refractivity contribution < 1.29 is 13.9 Å². The molecule has 1 saturated heterocycles. The zero-order chi connectivity index (χ0) is 10.7. The van der Waals surface area contributed by atoms with Gasteiger partial charge in [0, 0.05) is 0 Å². The van der Waals surface area contributed by atoms with Gasteiger partial charge in [0.1, 0.15) is 11.9 Å². The number of ether oxygens (including phenoxy) is 2. The number of rotatable bonds is 3. The lowest BCUT2D eigenvalue weighted by Crippen LogP contribution is -2.39. The Labute approximate surface area is 97.1 Å². The molecule has 1 aromatic heterocycles. The van der Waals surface area contributed by atoms with E-state index in [-0.39, 0.29) is 12.1 Å². The van der Waals surface area contributed by atoms with Crippen LogP contribution < -0.4 is 5.32 Å². The second kappa shape index (κ2) is 5.12. The standard InChI is InChI=1S/C10H14BrNO3/c1-12-9(8-6-13-4-5-14-8)10-7(11)2-3-15-10/h2-3,8-9,12H,4-6H2,1H3. The fourth-order valence-corrected chi connectivity index (χ4v) is 2.16. The van der Waals surface area contributed by atoms with E-state index in [0.29, 0.717) is 19.8 Å². The van der Waals surface area contributed by atoms with Gasteiger partial charge in [-0.1, -0.05) is 0 Å². The van der Waals surface area contributed by atoms with Crippen molar-refractivity contribution in [3.63, 3.8) is 0 Å². The summed E-state index contributed by atoms with van der Waals surface area (Å²) in [5, 5.41) is 3.19. The SMILES string of the molecule is CNC(c1occc1Br)C1COCCO1. The first-order valence-electron chi connectivity index (χ1n) is 4.92. The van der Waals surface area contributed by atoms with Crippen LogP contribution in [-0.2, 0) is 9.47 Å². The molecule has 0 aromatic carbocycles. The fraction of sp³-hybridized carbons (Fsp3) is 0.600. The number of hydrogen-bond acceptors (Lipinski definition) is 4. The first-order valence-corrected chi connectivity index (χ1v) is 5.71. The number of nitrogens with one attached hydrogen (secondary N) is 1. The molecule has 4 nitrogen and oxygen atoms in total. The Morgan fingerprint density at radius 1 is 1.53 bits per heavy atom. The van der Waals surface area contributed by atoms with Gasteiger partial charge < -0.3 is 19.2 Å². The van der Waals surface area contributed by atoms with E-state index in [4.69, 9.17) is 13.9 Å². The molecule has 2 heterocycles. The largest absolute Gasteiger partial charge is 0.466 e. The molecule has 1 aliphatic heterocycles. The molecule has 5 heteroatoms. The highest BCUT2D eigenvalue weighted by Crippen LogP contribution is 2.28. The highest BCUT2D eigenvalue weighted by atomic mass is 79.9. The summed E-state index contributed by atoms with van der Waals surface area (Å²) in [6, 6.07) is 1.90. The predicted octanol–water partition coefficient (Wildman–Crippen LogP) is 1.72. The average molecular weight is 276 g/mol. The Kier molecular flexibility index (Phi) is 3.80. The minimum Gasteiger partial charge on any atom is -0.466 e. The van der Waals surface area contributed by atoms with Crippen LogP contribution in [0.1, 0.15) is 11.8 Å². The Bertz CT molecular complexity index is 309. The van der Waals surface area contributed by atoms with Crippen molar-refractivity contribution in [1.29, 1.82) is 0 Å².